The molecule has 2 fully saturated rings. The lowest BCUT2D eigenvalue weighted by Crippen LogP contribution is -2.44. The van der Waals surface area contributed by atoms with E-state index in [4.69, 9.17) is 4.74 Å². The number of rotatable bonds is 7. The minimum atomic E-state index is -0.533. The highest BCUT2D eigenvalue weighted by atomic mass is 32.2. The summed E-state index contributed by atoms with van der Waals surface area (Å²) in [6, 6.07) is 12.1. The molecule has 0 spiro atoms. The number of para-hydroxylation sites is 1. The number of carbonyl (C=O) groups is 4. The molecular formula is C25H24FN3O5S. The van der Waals surface area contributed by atoms with Crippen molar-refractivity contribution < 1.29 is 28.3 Å². The van der Waals surface area contributed by atoms with Gasteiger partial charge in [0.2, 0.25) is 5.91 Å². The largest absolute Gasteiger partial charge is 0.483 e. The zero-order valence-electron chi connectivity index (χ0n) is 18.9. The first kappa shape index (κ1) is 24.5. The van der Waals surface area contributed by atoms with Crippen molar-refractivity contribution in [2.45, 2.75) is 19.3 Å². The van der Waals surface area contributed by atoms with E-state index in [9.17, 15) is 23.6 Å². The van der Waals surface area contributed by atoms with Crippen molar-refractivity contribution in [1.29, 1.82) is 0 Å². The number of hydrogen-bond donors (Lipinski definition) is 1. The molecule has 0 bridgehead atoms. The summed E-state index contributed by atoms with van der Waals surface area (Å²) in [5.74, 6) is -1.27. The Morgan fingerprint density at radius 3 is 2.49 bits per heavy atom. The zero-order chi connectivity index (χ0) is 24.8. The van der Waals surface area contributed by atoms with Crippen LogP contribution in [0, 0.1) is 5.82 Å². The van der Waals surface area contributed by atoms with E-state index in [1.165, 1.54) is 30.3 Å². The summed E-state index contributed by atoms with van der Waals surface area (Å²) in [5, 5.41) is 2.11. The van der Waals surface area contributed by atoms with Crippen molar-refractivity contribution in [1.82, 2.24) is 9.80 Å². The smallest absolute Gasteiger partial charge is 0.294 e. The Kier molecular flexibility index (Phi) is 7.81. The monoisotopic (exact) mass is 497 g/mol. The van der Waals surface area contributed by atoms with Crippen LogP contribution in [0.25, 0.3) is 6.08 Å². The van der Waals surface area contributed by atoms with Crippen molar-refractivity contribution in [3.05, 3.63) is 64.8 Å². The maximum atomic E-state index is 13.0. The Balaban J connectivity index is 1.39. The minimum absolute atomic E-state index is 0.174. The summed E-state index contributed by atoms with van der Waals surface area (Å²) < 4.78 is 18.6. The van der Waals surface area contributed by atoms with Crippen LogP contribution in [-0.4, -0.2) is 59.0 Å². The molecule has 0 atom stereocenters. The molecule has 2 aliphatic heterocycles. The normalized spacial score (nSPS) is 17.1. The number of thioether (sulfide) groups is 1. The Bertz CT molecular complexity index is 1160. The maximum absolute atomic E-state index is 13.0. The topological polar surface area (TPSA) is 96.0 Å². The van der Waals surface area contributed by atoms with E-state index in [1.54, 1.807) is 29.2 Å². The van der Waals surface area contributed by atoms with Crippen LogP contribution in [0.15, 0.2) is 53.4 Å². The molecule has 0 unspecified atom stereocenters. The number of hydrogen-bond acceptors (Lipinski definition) is 6. The number of benzene rings is 2. The zero-order valence-corrected chi connectivity index (χ0v) is 19.7. The first-order chi connectivity index (χ1) is 16.9. The van der Waals surface area contributed by atoms with E-state index in [0.717, 1.165) is 35.9 Å². The van der Waals surface area contributed by atoms with Gasteiger partial charge in [0.05, 0.1) is 4.91 Å². The fourth-order valence-electron chi connectivity index (χ4n) is 3.76. The van der Waals surface area contributed by atoms with Gasteiger partial charge in [-0.2, -0.15) is 0 Å². The third kappa shape index (κ3) is 6.27. The lowest BCUT2D eigenvalue weighted by atomic mass is 10.1. The van der Waals surface area contributed by atoms with Crippen LogP contribution in [0.5, 0.6) is 5.75 Å². The molecular weight excluding hydrogens is 473 g/mol. The van der Waals surface area contributed by atoms with Gasteiger partial charge in [-0.1, -0.05) is 18.2 Å². The summed E-state index contributed by atoms with van der Waals surface area (Å²) in [6.45, 7) is 0.701. The van der Waals surface area contributed by atoms with Crippen LogP contribution in [0.4, 0.5) is 14.9 Å². The van der Waals surface area contributed by atoms with Crippen molar-refractivity contribution >= 4 is 46.5 Å². The van der Waals surface area contributed by atoms with Crippen LogP contribution in [-0.2, 0) is 14.4 Å². The van der Waals surface area contributed by atoms with E-state index in [1.807, 2.05) is 0 Å². The number of imide groups is 1. The Labute approximate surface area is 206 Å². The highest BCUT2D eigenvalue weighted by Gasteiger charge is 2.37. The quantitative estimate of drug-likeness (QED) is 0.583. The SMILES string of the molecule is O=C(COc1ccccc1/C=C1\SC(=O)N(CC(=O)N2CCCCC2)C1=O)Nc1ccc(F)cc1. The lowest BCUT2D eigenvalue weighted by Gasteiger charge is -2.27. The lowest BCUT2D eigenvalue weighted by molar-refractivity contribution is -0.136. The van der Waals surface area contributed by atoms with Crippen LogP contribution in [0.3, 0.4) is 0 Å². The minimum Gasteiger partial charge on any atom is -0.483 e. The predicted octanol–water partition coefficient (Wildman–Crippen LogP) is 3.89. The van der Waals surface area contributed by atoms with Gasteiger partial charge in [0.25, 0.3) is 17.1 Å². The molecule has 0 aromatic heterocycles. The Morgan fingerprint density at radius 2 is 1.74 bits per heavy atom. The molecule has 2 aromatic rings. The summed E-state index contributed by atoms with van der Waals surface area (Å²) in [5.41, 5.74) is 0.941. The molecule has 35 heavy (non-hydrogen) atoms. The number of nitrogens with one attached hydrogen (secondary N) is 1. The average Bonchev–Trinajstić information content (AvgIpc) is 3.12. The van der Waals surface area contributed by atoms with Crippen LogP contribution in [0.2, 0.25) is 0 Å². The standard InChI is InChI=1S/C25H24FN3O5S/c26-18-8-10-19(11-9-18)27-22(30)16-34-20-7-3-2-6-17(20)14-21-24(32)29(25(33)35-21)15-23(31)28-12-4-1-5-13-28/h2-3,6-11,14H,1,4-5,12-13,15-16H2,(H,27,30)/b21-14-. The van der Waals surface area contributed by atoms with E-state index >= 15 is 0 Å². The number of halogens is 1. The molecule has 8 nitrogen and oxygen atoms in total. The molecule has 10 heteroatoms. The van der Waals surface area contributed by atoms with Gasteiger partial charge in [-0.15, -0.1) is 0 Å². The number of carbonyl (C=O) groups excluding carboxylic acids is 4. The van der Waals surface area contributed by atoms with Gasteiger partial charge in [0.15, 0.2) is 6.61 Å². The third-order valence-electron chi connectivity index (χ3n) is 5.57. The summed E-state index contributed by atoms with van der Waals surface area (Å²) >= 11 is 0.764. The molecule has 2 aromatic carbocycles. The van der Waals surface area contributed by atoms with Gasteiger partial charge in [0.1, 0.15) is 18.1 Å². The van der Waals surface area contributed by atoms with Crippen LogP contribution >= 0.6 is 11.8 Å². The molecule has 0 aliphatic carbocycles. The van der Waals surface area contributed by atoms with E-state index < -0.39 is 22.9 Å². The fraction of sp³-hybridized carbons (Fsp3) is 0.280. The number of likely N-dealkylation sites (tertiary alicyclic amines) is 1. The molecule has 0 radical (unpaired) electrons. The Hall–Kier alpha value is -3.66. The highest BCUT2D eigenvalue weighted by Crippen LogP contribution is 2.34. The first-order valence-electron chi connectivity index (χ1n) is 11.2. The van der Waals surface area contributed by atoms with Gasteiger partial charge < -0.3 is 15.0 Å². The van der Waals surface area contributed by atoms with Gasteiger partial charge in [0, 0.05) is 24.3 Å². The second-order valence-electron chi connectivity index (χ2n) is 8.09. The number of ether oxygens (including phenoxy) is 1. The van der Waals surface area contributed by atoms with E-state index in [2.05, 4.69) is 5.32 Å². The molecule has 4 amide bonds. The van der Waals surface area contributed by atoms with E-state index in [0.29, 0.717) is 30.1 Å². The van der Waals surface area contributed by atoms with Crippen molar-refractivity contribution in [3.63, 3.8) is 0 Å². The number of amides is 4. The molecule has 182 valence electrons. The molecule has 4 rings (SSSR count). The molecule has 2 saturated heterocycles. The fourth-order valence-corrected chi connectivity index (χ4v) is 4.59. The highest BCUT2D eigenvalue weighted by molar-refractivity contribution is 8.18. The van der Waals surface area contributed by atoms with Crippen molar-refractivity contribution in [2.24, 2.45) is 0 Å². The molecule has 1 N–H and O–H groups in total. The van der Waals surface area contributed by atoms with Gasteiger partial charge in [-0.05, 0) is 67.4 Å². The maximum Gasteiger partial charge on any atom is 0.294 e. The number of anilines is 1. The molecule has 2 aliphatic rings. The van der Waals surface area contributed by atoms with Gasteiger partial charge in [-0.25, -0.2) is 4.39 Å². The molecule has 0 saturated carbocycles. The van der Waals surface area contributed by atoms with Crippen LogP contribution < -0.4 is 10.1 Å². The summed E-state index contributed by atoms with van der Waals surface area (Å²) in [6.07, 6.45) is 4.44. The summed E-state index contributed by atoms with van der Waals surface area (Å²) in [7, 11) is 0. The van der Waals surface area contributed by atoms with Gasteiger partial charge >= 0.3 is 0 Å². The average molecular weight is 498 g/mol. The Morgan fingerprint density at radius 1 is 1.03 bits per heavy atom. The van der Waals surface area contributed by atoms with Crippen LogP contribution in [0.1, 0.15) is 24.8 Å². The predicted molar refractivity (Wildman–Crippen MR) is 130 cm³/mol. The van der Waals surface area contributed by atoms with Crippen molar-refractivity contribution in [3.8, 4) is 5.75 Å². The second kappa shape index (κ2) is 11.2. The van der Waals surface area contributed by atoms with Crippen molar-refractivity contribution in [2.75, 3.05) is 31.6 Å². The third-order valence-corrected chi connectivity index (χ3v) is 6.48. The van der Waals surface area contributed by atoms with Gasteiger partial charge in [-0.3, -0.25) is 24.1 Å². The number of piperidine rings is 1. The summed E-state index contributed by atoms with van der Waals surface area (Å²) in [4.78, 5) is 52.9. The molecule has 2 heterocycles. The second-order valence-corrected chi connectivity index (χ2v) is 9.08. The first-order valence-corrected chi connectivity index (χ1v) is 12.0. The number of nitrogens with zero attached hydrogens (tertiary/aromatic N) is 2. The van der Waals surface area contributed by atoms with E-state index in [-0.39, 0.29) is 24.0 Å².